The topological polar surface area (TPSA) is 43.6 Å². The van der Waals surface area contributed by atoms with E-state index in [1.165, 1.54) is 0 Å². The summed E-state index contributed by atoms with van der Waals surface area (Å²) in [4.78, 5) is 13.2. The first-order chi connectivity index (χ1) is 12.6. The van der Waals surface area contributed by atoms with E-state index >= 15 is 0 Å². The second kappa shape index (κ2) is 6.90. The number of imidazole rings is 1. The Morgan fingerprint density at radius 3 is 2.58 bits per heavy atom. The van der Waals surface area contributed by atoms with Crippen molar-refractivity contribution in [3.8, 4) is 28.2 Å². The van der Waals surface area contributed by atoms with Crippen LogP contribution in [-0.4, -0.2) is 19.5 Å². The molecule has 4 aromatic rings. The summed E-state index contributed by atoms with van der Waals surface area (Å²) in [5.74, 6) is 0.786. The van der Waals surface area contributed by atoms with Gasteiger partial charge in [-0.2, -0.15) is 0 Å². The Morgan fingerprint density at radius 1 is 0.923 bits per heavy atom. The number of nitrogens with zero attached hydrogens (tertiary/aromatic N) is 4. The molecule has 0 N–H and O–H groups in total. The van der Waals surface area contributed by atoms with Gasteiger partial charge in [0.05, 0.1) is 15.7 Å². The lowest BCUT2D eigenvalue weighted by Crippen LogP contribution is -1.97. The molecule has 0 aliphatic carbocycles. The number of halogens is 2. The number of rotatable bonds is 3. The Labute approximate surface area is 161 Å². The van der Waals surface area contributed by atoms with Gasteiger partial charge in [-0.25, -0.2) is 9.97 Å². The van der Waals surface area contributed by atoms with Gasteiger partial charge in [0.1, 0.15) is 12.1 Å². The van der Waals surface area contributed by atoms with Crippen molar-refractivity contribution in [3.05, 3.63) is 83.1 Å². The molecule has 128 valence electrons. The minimum absolute atomic E-state index is 0.529. The Kier molecular flexibility index (Phi) is 4.45. The van der Waals surface area contributed by atoms with E-state index in [9.17, 15) is 0 Å². The third kappa shape index (κ3) is 3.34. The summed E-state index contributed by atoms with van der Waals surface area (Å²) < 4.78 is 1.90. The number of aryl methyl sites for hydroxylation is 1. The molecule has 3 aromatic heterocycles. The number of benzene rings is 1. The Bertz CT molecular complexity index is 1070. The van der Waals surface area contributed by atoms with E-state index < -0.39 is 0 Å². The number of aromatic nitrogens is 4. The molecule has 1 aromatic carbocycles. The number of hydrogen-bond acceptors (Lipinski definition) is 3. The van der Waals surface area contributed by atoms with Crippen molar-refractivity contribution in [1.82, 2.24) is 19.5 Å². The third-order valence-corrected chi connectivity index (χ3v) is 4.74. The molecule has 0 amide bonds. The maximum atomic E-state index is 6.16. The van der Waals surface area contributed by atoms with Gasteiger partial charge in [0.15, 0.2) is 0 Å². The monoisotopic (exact) mass is 380 g/mol. The summed E-state index contributed by atoms with van der Waals surface area (Å²) in [7, 11) is 0. The first-order valence-electron chi connectivity index (χ1n) is 7.99. The smallest absolute Gasteiger partial charge is 0.138 e. The molecule has 0 aliphatic heterocycles. The van der Waals surface area contributed by atoms with Crippen LogP contribution in [0.25, 0.3) is 28.2 Å². The third-order valence-electron chi connectivity index (χ3n) is 4.00. The van der Waals surface area contributed by atoms with Crippen LogP contribution in [0.1, 0.15) is 5.69 Å². The van der Waals surface area contributed by atoms with Gasteiger partial charge < -0.3 is 0 Å². The predicted octanol–water partition coefficient (Wildman–Crippen LogP) is 5.61. The van der Waals surface area contributed by atoms with Crippen LogP contribution in [0.4, 0.5) is 0 Å². The molecule has 26 heavy (non-hydrogen) atoms. The van der Waals surface area contributed by atoms with Gasteiger partial charge in [-0.3, -0.25) is 9.55 Å². The van der Waals surface area contributed by atoms with Crippen LogP contribution in [0.15, 0.2) is 67.4 Å². The molecule has 0 fully saturated rings. The lowest BCUT2D eigenvalue weighted by Gasteiger charge is -2.08. The first kappa shape index (κ1) is 16.8. The number of hydrogen-bond donors (Lipinski definition) is 0. The largest absolute Gasteiger partial charge is 0.290 e. The summed E-state index contributed by atoms with van der Waals surface area (Å²) in [6.07, 6.45) is 7.23. The van der Waals surface area contributed by atoms with Crippen LogP contribution in [-0.2, 0) is 0 Å². The van der Waals surface area contributed by atoms with E-state index in [0.29, 0.717) is 10.0 Å². The molecule has 0 radical (unpaired) electrons. The lowest BCUT2D eigenvalue weighted by molar-refractivity contribution is 0.976. The minimum atomic E-state index is 0.529. The van der Waals surface area contributed by atoms with Crippen molar-refractivity contribution in [1.29, 1.82) is 0 Å². The van der Waals surface area contributed by atoms with Crippen LogP contribution in [0.3, 0.4) is 0 Å². The summed E-state index contributed by atoms with van der Waals surface area (Å²) in [6, 6.07) is 13.5. The Morgan fingerprint density at radius 2 is 1.81 bits per heavy atom. The van der Waals surface area contributed by atoms with Gasteiger partial charge in [0, 0.05) is 29.8 Å². The predicted molar refractivity (Wildman–Crippen MR) is 105 cm³/mol. The van der Waals surface area contributed by atoms with Crippen LogP contribution < -0.4 is 0 Å². The first-order valence-corrected chi connectivity index (χ1v) is 8.74. The van der Waals surface area contributed by atoms with Crippen molar-refractivity contribution < 1.29 is 0 Å². The highest BCUT2D eigenvalue weighted by Crippen LogP contribution is 2.30. The van der Waals surface area contributed by atoms with Gasteiger partial charge in [0.2, 0.25) is 0 Å². The highest BCUT2D eigenvalue weighted by atomic mass is 35.5. The van der Waals surface area contributed by atoms with Crippen LogP contribution in [0.2, 0.25) is 10.0 Å². The van der Waals surface area contributed by atoms with Gasteiger partial charge in [-0.15, -0.1) is 0 Å². The summed E-state index contributed by atoms with van der Waals surface area (Å²) >= 11 is 12.2. The molecule has 0 aliphatic rings. The highest BCUT2D eigenvalue weighted by molar-refractivity contribution is 6.42. The second-order valence-corrected chi connectivity index (χ2v) is 6.71. The fourth-order valence-electron chi connectivity index (χ4n) is 2.74. The van der Waals surface area contributed by atoms with E-state index in [1.807, 2.05) is 54.1 Å². The highest BCUT2D eigenvalue weighted by Gasteiger charge is 2.09. The van der Waals surface area contributed by atoms with E-state index in [4.69, 9.17) is 23.2 Å². The molecular formula is C20H14Cl2N4. The average molecular weight is 381 g/mol. The van der Waals surface area contributed by atoms with Crippen molar-refractivity contribution in [2.45, 2.75) is 6.92 Å². The van der Waals surface area contributed by atoms with E-state index in [-0.39, 0.29) is 0 Å². The molecule has 0 saturated carbocycles. The summed E-state index contributed by atoms with van der Waals surface area (Å²) in [5.41, 5.74) is 4.71. The molecule has 3 heterocycles. The molecule has 0 bridgehead atoms. The van der Waals surface area contributed by atoms with Crippen molar-refractivity contribution in [2.24, 2.45) is 0 Å². The fourth-order valence-corrected chi connectivity index (χ4v) is 3.04. The maximum absolute atomic E-state index is 6.16. The second-order valence-electron chi connectivity index (χ2n) is 5.89. The molecular weight excluding hydrogens is 367 g/mol. The van der Waals surface area contributed by atoms with Gasteiger partial charge in [-0.1, -0.05) is 29.3 Å². The average Bonchev–Trinajstić information content (AvgIpc) is 3.14. The molecule has 0 spiro atoms. The summed E-state index contributed by atoms with van der Waals surface area (Å²) in [5, 5.41) is 1.07. The van der Waals surface area contributed by atoms with Gasteiger partial charge in [-0.05, 0) is 54.4 Å². The zero-order valence-corrected chi connectivity index (χ0v) is 15.4. The van der Waals surface area contributed by atoms with E-state index in [2.05, 4.69) is 15.0 Å². The lowest BCUT2D eigenvalue weighted by atomic mass is 10.1. The van der Waals surface area contributed by atoms with Crippen LogP contribution >= 0.6 is 23.2 Å². The molecule has 0 saturated heterocycles. The zero-order chi connectivity index (χ0) is 18.1. The standard InChI is InChI=1S/C20H14Cl2N4/c1-13-7-16(14-4-5-17(21)18(22)8-14)9-20(25-13)26-11-19(24-12-26)15-3-2-6-23-10-15/h2-12H,1H3. The van der Waals surface area contributed by atoms with Crippen molar-refractivity contribution in [3.63, 3.8) is 0 Å². The van der Waals surface area contributed by atoms with Gasteiger partial charge >= 0.3 is 0 Å². The number of pyridine rings is 2. The quantitative estimate of drug-likeness (QED) is 0.463. The normalized spacial score (nSPS) is 10.9. The van der Waals surface area contributed by atoms with Gasteiger partial charge in [0.25, 0.3) is 0 Å². The molecule has 0 atom stereocenters. The van der Waals surface area contributed by atoms with Crippen LogP contribution in [0.5, 0.6) is 0 Å². The van der Waals surface area contributed by atoms with Crippen molar-refractivity contribution in [2.75, 3.05) is 0 Å². The Balaban J connectivity index is 1.75. The maximum Gasteiger partial charge on any atom is 0.138 e. The fraction of sp³-hybridized carbons (Fsp3) is 0.0500. The summed E-state index contributed by atoms with van der Waals surface area (Å²) in [6.45, 7) is 1.96. The molecule has 6 heteroatoms. The SMILES string of the molecule is Cc1cc(-c2ccc(Cl)c(Cl)c2)cc(-n2cnc(-c3cccnc3)c2)n1. The van der Waals surface area contributed by atoms with E-state index in [1.54, 1.807) is 24.8 Å². The molecule has 4 nitrogen and oxygen atoms in total. The van der Waals surface area contributed by atoms with Crippen LogP contribution in [0, 0.1) is 6.92 Å². The Hall–Kier alpha value is -2.69. The molecule has 0 unspecified atom stereocenters. The minimum Gasteiger partial charge on any atom is -0.290 e. The molecule has 4 rings (SSSR count). The zero-order valence-electron chi connectivity index (χ0n) is 13.9. The van der Waals surface area contributed by atoms with Crippen molar-refractivity contribution >= 4 is 23.2 Å². The van der Waals surface area contributed by atoms with E-state index in [0.717, 1.165) is 33.9 Å².